The van der Waals surface area contributed by atoms with E-state index >= 15 is 0 Å². The molecule has 6 aromatic carbocycles. The highest BCUT2D eigenvalue weighted by Crippen LogP contribution is 2.58. The fourth-order valence-corrected chi connectivity index (χ4v) is 8.28. The molecule has 0 radical (unpaired) electrons. The topological polar surface area (TPSA) is 43.6 Å². The molecule has 236 valence electrons. The van der Waals surface area contributed by atoms with E-state index < -0.39 is 5.41 Å². The molecule has 0 unspecified atom stereocenters. The monoisotopic (exact) mass is 640 g/mol. The second-order valence-corrected chi connectivity index (χ2v) is 13.1. The van der Waals surface area contributed by atoms with Gasteiger partial charge in [-0.2, -0.15) is 9.97 Å². The third kappa shape index (κ3) is 4.15. The second-order valence-electron chi connectivity index (χ2n) is 13.1. The Labute approximate surface area is 290 Å². The Balaban J connectivity index is 1.39. The fourth-order valence-electron chi connectivity index (χ4n) is 8.28. The third-order valence-corrected chi connectivity index (χ3v) is 10.4. The Morgan fingerprint density at radius 2 is 1.18 bits per heavy atom. The molecular formula is C46H32N4. The van der Waals surface area contributed by atoms with Crippen molar-refractivity contribution < 1.29 is 0 Å². The standard InChI is InChI=1S/C46H32N4/c1-5-17-31(18-6-1)43-47-44(32-19-7-2-8-20-32)49-45(48-43)50-40-28-16-14-26-36(40)38-30-29-37-35-25-13-15-27-39(35)46(41(37)42(38)50,33-21-9-3-10-22-33)34-23-11-4-12-24-34/h1,3-7,9-30H,2,8H2. The lowest BCUT2D eigenvalue weighted by atomic mass is 9.67. The van der Waals surface area contributed by atoms with E-state index in [1.165, 1.54) is 38.8 Å². The van der Waals surface area contributed by atoms with Crippen LogP contribution in [0, 0.1) is 0 Å². The van der Waals surface area contributed by atoms with Crippen molar-refractivity contribution in [1.29, 1.82) is 0 Å². The molecule has 2 aliphatic rings. The molecule has 50 heavy (non-hydrogen) atoms. The van der Waals surface area contributed by atoms with Gasteiger partial charge in [-0.1, -0.05) is 164 Å². The maximum absolute atomic E-state index is 5.31. The van der Waals surface area contributed by atoms with Crippen LogP contribution in [0.1, 0.15) is 40.9 Å². The van der Waals surface area contributed by atoms with E-state index in [1.54, 1.807) is 0 Å². The molecule has 0 fully saturated rings. The van der Waals surface area contributed by atoms with Gasteiger partial charge in [0.2, 0.25) is 5.95 Å². The molecule has 0 N–H and O–H groups in total. The van der Waals surface area contributed by atoms with Crippen LogP contribution in [-0.4, -0.2) is 19.5 Å². The lowest BCUT2D eigenvalue weighted by molar-refractivity contribution is 0.770. The minimum Gasteiger partial charge on any atom is -0.277 e. The van der Waals surface area contributed by atoms with Gasteiger partial charge in [-0.05, 0) is 46.7 Å². The molecular weight excluding hydrogens is 609 g/mol. The number of allylic oxidation sites excluding steroid dienone is 4. The lowest BCUT2D eigenvalue weighted by Crippen LogP contribution is -2.29. The van der Waals surface area contributed by atoms with Crippen molar-refractivity contribution in [2.45, 2.75) is 18.3 Å². The fraction of sp³-hybridized carbons (Fsp3) is 0.0652. The van der Waals surface area contributed by atoms with Crippen LogP contribution in [0.5, 0.6) is 0 Å². The summed E-state index contributed by atoms with van der Waals surface area (Å²) < 4.78 is 2.31. The quantitative estimate of drug-likeness (QED) is 0.188. The summed E-state index contributed by atoms with van der Waals surface area (Å²) in [4.78, 5) is 15.7. The molecule has 0 amide bonds. The summed E-state index contributed by atoms with van der Waals surface area (Å²) in [5, 5.41) is 2.33. The maximum Gasteiger partial charge on any atom is 0.238 e. The Morgan fingerprint density at radius 3 is 1.92 bits per heavy atom. The average Bonchev–Trinajstić information content (AvgIpc) is 3.70. The minimum absolute atomic E-state index is 0.590. The Hall–Kier alpha value is -6.39. The molecule has 4 nitrogen and oxygen atoms in total. The molecule has 10 rings (SSSR count). The summed E-state index contributed by atoms with van der Waals surface area (Å²) in [6.45, 7) is 0. The zero-order valence-corrected chi connectivity index (χ0v) is 27.4. The Kier molecular flexibility index (Phi) is 6.50. The van der Waals surface area contributed by atoms with Gasteiger partial charge in [0.15, 0.2) is 11.6 Å². The number of nitrogens with zero attached hydrogens (tertiary/aromatic N) is 4. The first-order valence-electron chi connectivity index (χ1n) is 17.3. The smallest absolute Gasteiger partial charge is 0.238 e. The molecule has 2 heterocycles. The van der Waals surface area contributed by atoms with E-state index in [1.807, 2.05) is 18.2 Å². The normalized spacial score (nSPS) is 14.4. The van der Waals surface area contributed by atoms with E-state index in [-0.39, 0.29) is 0 Å². The number of para-hydroxylation sites is 1. The number of aromatic nitrogens is 4. The predicted molar refractivity (Wildman–Crippen MR) is 203 cm³/mol. The molecule has 0 atom stereocenters. The molecule has 0 spiro atoms. The highest BCUT2D eigenvalue weighted by atomic mass is 15.2. The highest BCUT2D eigenvalue weighted by Gasteiger charge is 2.48. The van der Waals surface area contributed by atoms with E-state index in [4.69, 9.17) is 15.0 Å². The van der Waals surface area contributed by atoms with Crippen molar-refractivity contribution in [3.8, 4) is 28.5 Å². The highest BCUT2D eigenvalue weighted by molar-refractivity contribution is 6.13. The first-order chi connectivity index (χ1) is 24.8. The summed E-state index contributed by atoms with van der Waals surface area (Å²) in [7, 11) is 0. The van der Waals surface area contributed by atoms with Gasteiger partial charge in [-0.3, -0.25) is 4.57 Å². The number of benzene rings is 6. The van der Waals surface area contributed by atoms with E-state index in [0.29, 0.717) is 17.6 Å². The van der Waals surface area contributed by atoms with Gasteiger partial charge in [0, 0.05) is 27.5 Å². The first-order valence-corrected chi connectivity index (χ1v) is 17.3. The first kappa shape index (κ1) is 28.6. The van der Waals surface area contributed by atoms with E-state index in [9.17, 15) is 0 Å². The van der Waals surface area contributed by atoms with Crippen LogP contribution in [0.2, 0.25) is 0 Å². The summed E-state index contributed by atoms with van der Waals surface area (Å²) >= 11 is 0. The van der Waals surface area contributed by atoms with Gasteiger partial charge in [0.25, 0.3) is 0 Å². The van der Waals surface area contributed by atoms with Crippen molar-refractivity contribution in [2.75, 3.05) is 0 Å². The van der Waals surface area contributed by atoms with Crippen molar-refractivity contribution in [3.63, 3.8) is 0 Å². The van der Waals surface area contributed by atoms with Crippen LogP contribution in [0.4, 0.5) is 0 Å². The van der Waals surface area contributed by atoms with Gasteiger partial charge in [0.05, 0.1) is 16.4 Å². The van der Waals surface area contributed by atoms with Crippen molar-refractivity contribution >= 4 is 27.4 Å². The molecule has 0 saturated carbocycles. The molecule has 2 aliphatic carbocycles. The summed E-state index contributed by atoms with van der Waals surface area (Å²) in [5.74, 6) is 1.95. The van der Waals surface area contributed by atoms with Crippen LogP contribution in [0.15, 0.2) is 170 Å². The third-order valence-electron chi connectivity index (χ3n) is 10.4. The minimum atomic E-state index is -0.590. The van der Waals surface area contributed by atoms with Crippen LogP contribution >= 0.6 is 0 Å². The second kappa shape index (κ2) is 11.4. The average molecular weight is 641 g/mol. The molecule has 0 bridgehead atoms. The number of hydrogen-bond acceptors (Lipinski definition) is 3. The Bertz CT molecular complexity index is 2590. The Morgan fingerprint density at radius 1 is 0.520 bits per heavy atom. The van der Waals surface area contributed by atoms with Gasteiger partial charge in [-0.15, -0.1) is 0 Å². The van der Waals surface area contributed by atoms with Crippen molar-refractivity contribution in [3.05, 3.63) is 198 Å². The molecule has 2 aromatic heterocycles. The zero-order chi connectivity index (χ0) is 33.1. The van der Waals surface area contributed by atoms with Crippen LogP contribution in [0.25, 0.3) is 55.8 Å². The van der Waals surface area contributed by atoms with Crippen molar-refractivity contribution in [2.24, 2.45) is 0 Å². The molecule has 0 saturated heterocycles. The lowest BCUT2D eigenvalue weighted by Gasteiger charge is -2.34. The largest absolute Gasteiger partial charge is 0.277 e. The predicted octanol–water partition coefficient (Wildman–Crippen LogP) is 10.7. The van der Waals surface area contributed by atoms with Gasteiger partial charge in [0.1, 0.15) is 0 Å². The summed E-state index contributed by atoms with van der Waals surface area (Å²) in [5.41, 5.74) is 11.0. The number of hydrogen-bond donors (Lipinski definition) is 0. The van der Waals surface area contributed by atoms with Crippen LogP contribution in [0.3, 0.4) is 0 Å². The SMILES string of the molecule is C1=CC(c2nc(-c3ccccc3)nc(-n3c4ccccc4c4ccc5c(c43)C(c3ccccc3)(c3ccccc3)c3ccccc3-5)n2)=CCC1. The molecule has 8 aromatic rings. The number of fused-ring (bicyclic) bond motifs is 7. The molecule has 4 heteroatoms. The summed E-state index contributed by atoms with van der Waals surface area (Å²) in [6, 6.07) is 54.4. The zero-order valence-electron chi connectivity index (χ0n) is 27.4. The number of rotatable bonds is 5. The van der Waals surface area contributed by atoms with Crippen LogP contribution < -0.4 is 0 Å². The summed E-state index contributed by atoms with van der Waals surface area (Å²) in [6.07, 6.45) is 8.58. The van der Waals surface area contributed by atoms with Gasteiger partial charge >= 0.3 is 0 Å². The van der Waals surface area contributed by atoms with E-state index in [0.717, 1.165) is 40.4 Å². The van der Waals surface area contributed by atoms with Gasteiger partial charge in [-0.25, -0.2) is 4.98 Å². The van der Waals surface area contributed by atoms with Crippen LogP contribution in [-0.2, 0) is 5.41 Å². The molecule has 0 aliphatic heterocycles. The maximum atomic E-state index is 5.31. The van der Waals surface area contributed by atoms with Gasteiger partial charge < -0.3 is 0 Å². The van der Waals surface area contributed by atoms with E-state index in [2.05, 4.69) is 156 Å². The van der Waals surface area contributed by atoms with Crippen molar-refractivity contribution in [1.82, 2.24) is 19.5 Å².